The van der Waals surface area contributed by atoms with Crippen LogP contribution >= 0.6 is 0 Å². The van der Waals surface area contributed by atoms with E-state index in [9.17, 15) is 4.79 Å². The van der Waals surface area contributed by atoms with E-state index in [4.69, 9.17) is 4.74 Å². The molecule has 18 heavy (non-hydrogen) atoms. The summed E-state index contributed by atoms with van der Waals surface area (Å²) < 4.78 is 5.58. The van der Waals surface area contributed by atoms with Crippen molar-refractivity contribution < 1.29 is 9.53 Å². The van der Waals surface area contributed by atoms with Crippen molar-refractivity contribution in [2.24, 2.45) is 11.3 Å². The van der Waals surface area contributed by atoms with Crippen molar-refractivity contribution in [1.29, 1.82) is 0 Å². The number of methoxy groups -OCH3 is 1. The monoisotopic (exact) mass is 254 g/mol. The number of hydrogen-bond donors (Lipinski definition) is 2. The number of carbonyl (C=O) groups excluding carboxylic acids is 1. The lowest BCUT2D eigenvalue weighted by molar-refractivity contribution is -0.183. The Kier molecular flexibility index (Phi) is 3.70. The minimum Gasteiger partial charge on any atom is -0.378 e. The summed E-state index contributed by atoms with van der Waals surface area (Å²) in [4.78, 5) is 12.2. The number of nitrogens with one attached hydrogen (secondary N) is 2. The number of piperidine rings is 1. The average molecular weight is 254 g/mol. The molecule has 3 atom stereocenters. The van der Waals surface area contributed by atoms with Crippen LogP contribution in [0.5, 0.6) is 0 Å². The van der Waals surface area contributed by atoms with Gasteiger partial charge >= 0.3 is 0 Å². The van der Waals surface area contributed by atoms with Gasteiger partial charge in [0.2, 0.25) is 5.91 Å². The van der Waals surface area contributed by atoms with Gasteiger partial charge < -0.3 is 15.4 Å². The zero-order chi connectivity index (χ0) is 13.4. The Morgan fingerprint density at radius 2 is 2.11 bits per heavy atom. The first-order chi connectivity index (χ1) is 8.40. The molecule has 1 amide bonds. The van der Waals surface area contributed by atoms with Crippen LogP contribution in [0.3, 0.4) is 0 Å². The van der Waals surface area contributed by atoms with E-state index < -0.39 is 0 Å². The van der Waals surface area contributed by atoms with Gasteiger partial charge in [0, 0.05) is 25.1 Å². The molecule has 4 nitrogen and oxygen atoms in total. The van der Waals surface area contributed by atoms with Crippen LogP contribution in [-0.4, -0.2) is 37.7 Å². The number of ether oxygens (including phenoxy) is 1. The molecule has 2 fully saturated rings. The Morgan fingerprint density at radius 1 is 1.39 bits per heavy atom. The number of rotatable bonds is 3. The quantitative estimate of drug-likeness (QED) is 0.798. The maximum Gasteiger partial charge on any atom is 0.224 e. The lowest BCUT2D eigenvalue weighted by Crippen LogP contribution is -2.69. The summed E-state index contributed by atoms with van der Waals surface area (Å²) in [7, 11) is 1.75. The van der Waals surface area contributed by atoms with Crippen molar-refractivity contribution >= 4 is 5.91 Å². The van der Waals surface area contributed by atoms with Crippen molar-refractivity contribution in [2.45, 2.75) is 51.7 Å². The molecule has 1 aliphatic heterocycles. The summed E-state index contributed by atoms with van der Waals surface area (Å²) in [6.07, 6.45) is 3.01. The molecule has 1 saturated heterocycles. The molecule has 1 heterocycles. The van der Waals surface area contributed by atoms with Crippen molar-refractivity contribution in [3.8, 4) is 0 Å². The highest BCUT2D eigenvalue weighted by Gasteiger charge is 2.58. The van der Waals surface area contributed by atoms with Gasteiger partial charge in [-0.2, -0.15) is 0 Å². The summed E-state index contributed by atoms with van der Waals surface area (Å²) in [5.74, 6) is 0.349. The zero-order valence-electron chi connectivity index (χ0n) is 12.0. The molecule has 0 aromatic rings. The lowest BCUT2D eigenvalue weighted by Gasteiger charge is -2.59. The van der Waals surface area contributed by atoms with Gasteiger partial charge in [0.25, 0.3) is 0 Å². The van der Waals surface area contributed by atoms with Gasteiger partial charge in [-0.05, 0) is 32.7 Å². The third-order valence-electron chi connectivity index (χ3n) is 5.26. The van der Waals surface area contributed by atoms with Crippen LogP contribution in [0.1, 0.15) is 40.0 Å². The highest BCUT2D eigenvalue weighted by molar-refractivity contribution is 5.79. The van der Waals surface area contributed by atoms with E-state index in [2.05, 4.69) is 31.4 Å². The second kappa shape index (κ2) is 4.82. The van der Waals surface area contributed by atoms with Crippen LogP contribution in [-0.2, 0) is 9.53 Å². The molecule has 2 rings (SSSR count). The fraction of sp³-hybridized carbons (Fsp3) is 0.929. The summed E-state index contributed by atoms with van der Waals surface area (Å²) in [5.41, 5.74) is -0.116. The van der Waals surface area contributed by atoms with Crippen LogP contribution in [0, 0.1) is 11.3 Å². The van der Waals surface area contributed by atoms with E-state index in [-0.39, 0.29) is 28.9 Å². The highest BCUT2D eigenvalue weighted by Crippen LogP contribution is 2.51. The van der Waals surface area contributed by atoms with Crippen LogP contribution < -0.4 is 10.6 Å². The molecule has 0 bridgehead atoms. The highest BCUT2D eigenvalue weighted by atomic mass is 16.5. The molecule has 1 saturated carbocycles. The smallest absolute Gasteiger partial charge is 0.224 e. The Hall–Kier alpha value is -0.610. The predicted molar refractivity (Wildman–Crippen MR) is 71.3 cm³/mol. The summed E-state index contributed by atoms with van der Waals surface area (Å²) in [5, 5.41) is 6.49. The van der Waals surface area contributed by atoms with Gasteiger partial charge in [0.1, 0.15) is 0 Å². The van der Waals surface area contributed by atoms with Crippen LogP contribution in [0.15, 0.2) is 0 Å². The third-order valence-corrected chi connectivity index (χ3v) is 5.26. The predicted octanol–water partition coefficient (Wildman–Crippen LogP) is 1.31. The average Bonchev–Trinajstić information content (AvgIpc) is 2.38. The minimum absolute atomic E-state index is 0.000491. The van der Waals surface area contributed by atoms with E-state index in [1.54, 1.807) is 7.11 Å². The summed E-state index contributed by atoms with van der Waals surface area (Å²) >= 11 is 0. The molecule has 0 radical (unpaired) electrons. The molecule has 104 valence electrons. The van der Waals surface area contributed by atoms with Crippen molar-refractivity contribution in [3.05, 3.63) is 0 Å². The second-order valence-corrected chi connectivity index (χ2v) is 6.47. The first-order valence-electron chi connectivity index (χ1n) is 6.97. The maximum atomic E-state index is 12.2. The molecular weight excluding hydrogens is 228 g/mol. The molecule has 0 aromatic heterocycles. The van der Waals surface area contributed by atoms with Crippen LogP contribution in [0.25, 0.3) is 0 Å². The van der Waals surface area contributed by atoms with Crippen LogP contribution in [0.2, 0.25) is 0 Å². The summed E-state index contributed by atoms with van der Waals surface area (Å²) in [6.45, 7) is 8.33. The van der Waals surface area contributed by atoms with Gasteiger partial charge in [-0.25, -0.2) is 0 Å². The van der Waals surface area contributed by atoms with Crippen LogP contribution in [0.4, 0.5) is 0 Å². The molecule has 1 aliphatic carbocycles. The molecule has 0 aromatic carbocycles. The van der Waals surface area contributed by atoms with E-state index in [1.807, 2.05) is 0 Å². The van der Waals surface area contributed by atoms with E-state index >= 15 is 0 Å². The number of amides is 1. The second-order valence-electron chi connectivity index (χ2n) is 6.47. The van der Waals surface area contributed by atoms with Gasteiger partial charge in [0.05, 0.1) is 11.5 Å². The molecule has 2 aliphatic rings. The molecule has 2 N–H and O–H groups in total. The lowest BCUT2D eigenvalue weighted by atomic mass is 9.55. The van der Waals surface area contributed by atoms with Gasteiger partial charge in [0.15, 0.2) is 0 Å². The number of carbonyl (C=O) groups is 1. The number of hydrogen-bond acceptors (Lipinski definition) is 3. The minimum atomic E-state index is -0.115. The first-order valence-corrected chi connectivity index (χ1v) is 6.97. The maximum absolute atomic E-state index is 12.2. The molecule has 0 unspecified atom stereocenters. The van der Waals surface area contributed by atoms with E-state index in [0.29, 0.717) is 0 Å². The van der Waals surface area contributed by atoms with Gasteiger partial charge in [-0.15, -0.1) is 0 Å². The van der Waals surface area contributed by atoms with Crippen molar-refractivity contribution in [1.82, 2.24) is 10.6 Å². The fourth-order valence-corrected chi connectivity index (χ4v) is 3.09. The zero-order valence-corrected chi connectivity index (χ0v) is 12.0. The van der Waals surface area contributed by atoms with Crippen molar-refractivity contribution in [2.75, 3.05) is 20.2 Å². The molecule has 4 heteroatoms. The Morgan fingerprint density at radius 3 is 2.61 bits per heavy atom. The SMILES string of the molecule is CO[C@]1(C)C[C@H](NC(=O)[C@H]2CCCNC2)C1(C)C. The Labute approximate surface area is 110 Å². The summed E-state index contributed by atoms with van der Waals surface area (Å²) in [6, 6.07) is 0.233. The topological polar surface area (TPSA) is 50.4 Å². The van der Waals surface area contributed by atoms with E-state index in [1.165, 1.54) is 0 Å². The largest absolute Gasteiger partial charge is 0.378 e. The third kappa shape index (κ3) is 2.16. The molecular formula is C14H26N2O2. The van der Waals surface area contributed by atoms with Crippen molar-refractivity contribution in [3.63, 3.8) is 0 Å². The first kappa shape index (κ1) is 13.8. The van der Waals surface area contributed by atoms with Gasteiger partial charge in [-0.1, -0.05) is 13.8 Å². The standard InChI is InChI=1S/C14H26N2O2/c1-13(2)11(8-14(13,3)18-4)16-12(17)10-6-5-7-15-9-10/h10-11,15H,5-9H2,1-4H3,(H,16,17)/t10-,11-,14+/m0/s1. The fourth-order valence-electron chi connectivity index (χ4n) is 3.09. The Bertz CT molecular complexity index is 324. The van der Waals surface area contributed by atoms with Gasteiger partial charge in [-0.3, -0.25) is 4.79 Å². The normalized spacial score (nSPS) is 38.9. The van der Waals surface area contributed by atoms with E-state index in [0.717, 1.165) is 32.4 Å². The Balaban J connectivity index is 1.89. The molecule has 0 spiro atoms.